The van der Waals surface area contributed by atoms with Gasteiger partial charge in [0.25, 0.3) is 0 Å². The summed E-state index contributed by atoms with van der Waals surface area (Å²) in [5.41, 5.74) is 5.04. The smallest absolute Gasteiger partial charge is 0.335 e. The van der Waals surface area contributed by atoms with Crippen LogP contribution >= 0.6 is 24.0 Å². The third-order valence-corrected chi connectivity index (χ3v) is 4.81. The largest absolute Gasteiger partial charge is 0.478 e. The van der Waals surface area contributed by atoms with Crippen molar-refractivity contribution >= 4 is 41.7 Å². The predicted molar refractivity (Wildman–Crippen MR) is 115 cm³/mol. The summed E-state index contributed by atoms with van der Waals surface area (Å²) in [6, 6.07) is 7.48. The highest BCUT2D eigenvalue weighted by Gasteiger charge is 2.25. The zero-order valence-electron chi connectivity index (χ0n) is 16.4. The number of carboxylic acid groups (broad SMARTS) is 1. The Morgan fingerprint density at radius 3 is 2.40 bits per heavy atom. The number of carbonyl (C=O) groups is 3. The minimum atomic E-state index is -1.20. The number of hydrogen-bond donors (Lipinski definition) is 3. The summed E-state index contributed by atoms with van der Waals surface area (Å²) in [7, 11) is 0. The van der Waals surface area contributed by atoms with E-state index < -0.39 is 29.5 Å². The van der Waals surface area contributed by atoms with Crippen molar-refractivity contribution < 1.29 is 23.9 Å². The molecule has 0 spiro atoms. The van der Waals surface area contributed by atoms with Gasteiger partial charge in [-0.05, 0) is 31.5 Å². The Kier molecular flexibility index (Phi) is 9.42. The van der Waals surface area contributed by atoms with Gasteiger partial charge in [-0.15, -0.1) is 12.4 Å². The first-order chi connectivity index (χ1) is 13.6. The first kappa shape index (κ1) is 25.6. The molecule has 0 aliphatic heterocycles. The fraction of sp³-hybridized carbons (Fsp3) is 0.286. The maximum absolute atomic E-state index is 15.3. The summed E-state index contributed by atoms with van der Waals surface area (Å²) < 4.78 is 15.3. The van der Waals surface area contributed by atoms with E-state index in [1.54, 1.807) is 6.92 Å². The molecule has 0 bridgehead atoms. The maximum Gasteiger partial charge on any atom is 0.335 e. The van der Waals surface area contributed by atoms with Gasteiger partial charge in [-0.3, -0.25) is 9.59 Å². The summed E-state index contributed by atoms with van der Waals surface area (Å²) in [6.45, 7) is 3.59. The molecule has 4 N–H and O–H groups in total. The monoisotopic (exact) mass is 456 g/mol. The molecule has 0 aliphatic carbocycles. The quantitative estimate of drug-likeness (QED) is 0.491. The highest BCUT2D eigenvalue weighted by molar-refractivity contribution is 6.35. The van der Waals surface area contributed by atoms with Gasteiger partial charge in [0.05, 0.1) is 16.1 Å². The predicted octanol–water partition coefficient (Wildman–Crippen LogP) is 4.13. The maximum atomic E-state index is 15.3. The van der Waals surface area contributed by atoms with Gasteiger partial charge in [-0.1, -0.05) is 36.7 Å². The fourth-order valence-electron chi connectivity index (χ4n) is 3.12. The van der Waals surface area contributed by atoms with E-state index in [1.165, 1.54) is 36.4 Å². The first-order valence-corrected chi connectivity index (χ1v) is 9.43. The summed E-state index contributed by atoms with van der Waals surface area (Å²) in [6.07, 6.45) is 0.573. The second-order valence-corrected chi connectivity index (χ2v) is 7.15. The van der Waals surface area contributed by atoms with Crippen LogP contribution in [-0.2, 0) is 4.79 Å². The lowest BCUT2D eigenvalue weighted by molar-refractivity contribution is -0.118. The summed E-state index contributed by atoms with van der Waals surface area (Å²) in [4.78, 5) is 35.2. The number of benzene rings is 2. The highest BCUT2D eigenvalue weighted by atomic mass is 35.5. The lowest BCUT2D eigenvalue weighted by Crippen LogP contribution is -2.34. The Labute approximate surface area is 185 Å². The van der Waals surface area contributed by atoms with Crippen LogP contribution in [0.2, 0.25) is 5.02 Å². The summed E-state index contributed by atoms with van der Waals surface area (Å²) >= 11 is 6.11. The van der Waals surface area contributed by atoms with Crippen LogP contribution in [0.4, 0.5) is 4.39 Å². The zero-order chi connectivity index (χ0) is 21.7. The molecular weight excluding hydrogens is 434 g/mol. The molecule has 0 saturated heterocycles. The Hall–Kier alpha value is -2.48. The molecule has 6 nitrogen and oxygen atoms in total. The minimum absolute atomic E-state index is 0. The number of primary amides is 1. The molecule has 2 atom stereocenters. The van der Waals surface area contributed by atoms with Crippen LogP contribution in [0.15, 0.2) is 36.4 Å². The van der Waals surface area contributed by atoms with E-state index in [0.717, 1.165) is 0 Å². The van der Waals surface area contributed by atoms with Crippen LogP contribution in [0.5, 0.6) is 0 Å². The lowest BCUT2D eigenvalue weighted by Gasteiger charge is -2.23. The zero-order valence-corrected chi connectivity index (χ0v) is 18.0. The Morgan fingerprint density at radius 2 is 1.83 bits per heavy atom. The molecule has 2 rings (SSSR count). The molecule has 0 aromatic heterocycles. The van der Waals surface area contributed by atoms with Crippen molar-refractivity contribution in [2.75, 3.05) is 0 Å². The van der Waals surface area contributed by atoms with Crippen molar-refractivity contribution in [3.05, 3.63) is 69.5 Å². The van der Waals surface area contributed by atoms with Crippen molar-refractivity contribution in [3.8, 4) is 0 Å². The van der Waals surface area contributed by atoms with Gasteiger partial charge in [-0.2, -0.15) is 0 Å². The third-order valence-electron chi connectivity index (χ3n) is 4.50. The molecule has 0 aliphatic rings. The Morgan fingerprint density at radius 1 is 1.20 bits per heavy atom. The van der Waals surface area contributed by atoms with Gasteiger partial charge < -0.3 is 16.2 Å². The van der Waals surface area contributed by atoms with E-state index in [-0.39, 0.29) is 52.1 Å². The molecule has 2 aromatic carbocycles. The number of carboxylic acids is 1. The van der Waals surface area contributed by atoms with Crippen LogP contribution in [0.1, 0.15) is 64.6 Å². The number of nitrogens with one attached hydrogen (secondary N) is 1. The number of rotatable bonds is 9. The Balaban J connectivity index is 0.00000450. The van der Waals surface area contributed by atoms with E-state index >= 15 is 4.39 Å². The van der Waals surface area contributed by atoms with E-state index in [0.29, 0.717) is 6.42 Å². The van der Waals surface area contributed by atoms with Crippen LogP contribution < -0.4 is 11.1 Å². The van der Waals surface area contributed by atoms with Gasteiger partial charge in [-0.25, -0.2) is 9.18 Å². The van der Waals surface area contributed by atoms with Crippen LogP contribution in [-0.4, -0.2) is 28.8 Å². The molecule has 0 saturated carbocycles. The Bertz CT molecular complexity index is 953. The third kappa shape index (κ3) is 6.01. The molecule has 0 heterocycles. The normalized spacial score (nSPS) is 12.5. The van der Waals surface area contributed by atoms with Gasteiger partial charge >= 0.3 is 5.97 Å². The van der Waals surface area contributed by atoms with Gasteiger partial charge in [0.1, 0.15) is 5.82 Å². The molecular formula is C21H23Cl2FN2O4. The molecule has 0 radical (unpaired) electrons. The van der Waals surface area contributed by atoms with Crippen LogP contribution in [0, 0.1) is 5.82 Å². The van der Waals surface area contributed by atoms with Crippen LogP contribution in [0.3, 0.4) is 0 Å². The van der Waals surface area contributed by atoms with Crippen molar-refractivity contribution in [2.24, 2.45) is 5.73 Å². The van der Waals surface area contributed by atoms with Crippen molar-refractivity contribution in [1.29, 1.82) is 0 Å². The van der Waals surface area contributed by atoms with E-state index in [9.17, 15) is 14.4 Å². The number of aromatic carboxylic acids is 1. The molecule has 1 amide bonds. The molecule has 30 heavy (non-hydrogen) atoms. The average Bonchev–Trinajstić information content (AvgIpc) is 2.66. The van der Waals surface area contributed by atoms with E-state index in [1.807, 2.05) is 6.92 Å². The van der Waals surface area contributed by atoms with Crippen LogP contribution in [0.25, 0.3) is 0 Å². The number of nitrogens with two attached hydrogens (primary N) is 1. The molecule has 162 valence electrons. The molecule has 2 aromatic rings. The topological polar surface area (TPSA) is 109 Å². The van der Waals surface area contributed by atoms with Gasteiger partial charge in [0.2, 0.25) is 5.91 Å². The first-order valence-electron chi connectivity index (χ1n) is 9.06. The number of carbonyl (C=O) groups excluding carboxylic acids is 2. The lowest BCUT2D eigenvalue weighted by atomic mass is 9.95. The second-order valence-electron chi connectivity index (χ2n) is 6.74. The van der Waals surface area contributed by atoms with Crippen molar-refractivity contribution in [3.63, 3.8) is 0 Å². The van der Waals surface area contributed by atoms with Crippen molar-refractivity contribution in [2.45, 2.75) is 38.8 Å². The fourth-order valence-corrected chi connectivity index (χ4v) is 3.35. The van der Waals surface area contributed by atoms with E-state index in [4.69, 9.17) is 22.4 Å². The van der Waals surface area contributed by atoms with E-state index in [2.05, 4.69) is 5.32 Å². The summed E-state index contributed by atoms with van der Waals surface area (Å²) in [5, 5.41) is 12.2. The van der Waals surface area contributed by atoms with Crippen molar-refractivity contribution in [1.82, 2.24) is 5.32 Å². The minimum Gasteiger partial charge on any atom is -0.478 e. The second kappa shape index (κ2) is 11.1. The number of ketones is 1. The standard InChI is InChI=1S/C21H22ClFN2O4.ClH/c1-3-16(25-11(2)9-17(24)26)14-7-8-15(22)18(19(14)23)20(27)12-5-4-6-13(10-12)21(28)29;/h4-8,10-11,16,25H,3,9H2,1-2H3,(H2,24,26)(H,28,29);1H/t11-,16-;/m1./s1. The SMILES string of the molecule is CC[C@@H](N[C@H](C)CC(N)=O)c1ccc(Cl)c(C(=O)c2cccc(C(=O)O)c2)c1F.Cl. The average molecular weight is 457 g/mol. The highest BCUT2D eigenvalue weighted by Crippen LogP contribution is 2.30. The summed E-state index contributed by atoms with van der Waals surface area (Å²) in [5.74, 6) is -3.17. The molecule has 0 fully saturated rings. The number of amides is 1. The molecule has 9 heteroatoms. The molecule has 0 unspecified atom stereocenters. The van der Waals surface area contributed by atoms with Gasteiger partial charge in [0, 0.05) is 29.6 Å². The number of hydrogen-bond acceptors (Lipinski definition) is 4. The number of halogens is 3. The van der Waals surface area contributed by atoms with Gasteiger partial charge in [0.15, 0.2) is 5.78 Å².